The van der Waals surface area contributed by atoms with E-state index in [0.717, 1.165) is 11.1 Å². The Morgan fingerprint density at radius 3 is 2.23 bits per heavy atom. The van der Waals surface area contributed by atoms with Crippen molar-refractivity contribution in [3.8, 4) is 0 Å². The minimum atomic E-state index is -1.15. The molecule has 1 fully saturated rings. The molecule has 0 aromatic heterocycles. The molecule has 0 spiro atoms. The molecule has 1 unspecified atom stereocenters. The zero-order valence-corrected chi connectivity index (χ0v) is 20.2. The van der Waals surface area contributed by atoms with E-state index in [1.165, 1.54) is 23.1 Å². The van der Waals surface area contributed by atoms with Crippen molar-refractivity contribution >= 4 is 69.6 Å². The highest BCUT2D eigenvalue weighted by Crippen LogP contribution is 2.28. The van der Waals surface area contributed by atoms with Crippen molar-refractivity contribution in [2.24, 2.45) is 0 Å². The van der Waals surface area contributed by atoms with Gasteiger partial charge in [0.05, 0.1) is 12.1 Å². The molecule has 3 aromatic rings. The molecule has 178 valence electrons. The summed E-state index contributed by atoms with van der Waals surface area (Å²) in [7, 11) is 0. The van der Waals surface area contributed by atoms with Crippen molar-refractivity contribution in [2.75, 3.05) is 10.2 Å². The lowest BCUT2D eigenvalue weighted by atomic mass is 10.1. The molecule has 3 amide bonds. The fourth-order valence-corrected chi connectivity index (χ4v) is 4.07. The molecule has 11 heteroatoms. The lowest BCUT2D eigenvalue weighted by Gasteiger charge is -2.24. The molecule has 1 aliphatic rings. The van der Waals surface area contributed by atoms with Gasteiger partial charge in [-0.2, -0.15) is 0 Å². The Kier molecular flexibility index (Phi) is 7.30. The number of hydrogen-bond donors (Lipinski definition) is 2. The van der Waals surface area contributed by atoms with E-state index in [1.54, 1.807) is 48.5 Å². The van der Waals surface area contributed by atoms with Gasteiger partial charge in [0.25, 0.3) is 11.8 Å². The first-order valence-corrected chi connectivity index (χ1v) is 11.4. The van der Waals surface area contributed by atoms with Gasteiger partial charge in [-0.15, -0.1) is 0 Å². The highest BCUT2D eigenvalue weighted by molar-refractivity contribution is 7.80. The molecule has 0 bridgehead atoms. The summed E-state index contributed by atoms with van der Waals surface area (Å²) >= 11 is 17.3. The number of amides is 3. The normalized spacial score (nSPS) is 15.3. The minimum Gasteiger partial charge on any atom is -0.326 e. The minimum absolute atomic E-state index is 0.0227. The molecule has 4 rings (SSSR count). The van der Waals surface area contributed by atoms with E-state index in [0.29, 0.717) is 21.4 Å². The van der Waals surface area contributed by atoms with Gasteiger partial charge in [-0.25, -0.2) is 9.40 Å². The summed E-state index contributed by atoms with van der Waals surface area (Å²) < 4.78 is 13.6. The molecule has 7 nitrogen and oxygen atoms in total. The molecular formula is C24H17Cl2FN4O3S. The third-order valence-electron chi connectivity index (χ3n) is 5.11. The van der Waals surface area contributed by atoms with E-state index >= 15 is 0 Å². The highest BCUT2D eigenvalue weighted by atomic mass is 35.5. The lowest BCUT2D eigenvalue weighted by molar-refractivity contribution is -0.124. The van der Waals surface area contributed by atoms with Crippen molar-refractivity contribution in [3.05, 3.63) is 94.2 Å². The van der Waals surface area contributed by atoms with Gasteiger partial charge in [0, 0.05) is 21.3 Å². The standard InChI is InChI=1S/C24H17Cl2FN4O3S/c25-15-4-8-18(9-5-15)28-21(32)13-20-23(34)30(19-10-6-16(26)7-11-19)24(35)31(20)29-22(33)14-2-1-3-17(27)12-14/h1-12,20H,13H2,(H,28,32)(H,29,33). The maximum atomic E-state index is 13.6. The highest BCUT2D eigenvalue weighted by Gasteiger charge is 2.45. The molecule has 2 N–H and O–H groups in total. The van der Waals surface area contributed by atoms with Crippen LogP contribution in [0, 0.1) is 5.82 Å². The Morgan fingerprint density at radius 1 is 0.971 bits per heavy atom. The number of halogens is 3. The lowest BCUT2D eigenvalue weighted by Crippen LogP contribution is -2.49. The van der Waals surface area contributed by atoms with E-state index in [2.05, 4.69) is 10.7 Å². The van der Waals surface area contributed by atoms with Crippen LogP contribution in [0.3, 0.4) is 0 Å². The Balaban J connectivity index is 1.60. The molecule has 1 saturated heterocycles. The summed E-state index contributed by atoms with van der Waals surface area (Å²) in [6.45, 7) is 0. The molecule has 0 saturated carbocycles. The molecule has 1 atom stereocenters. The van der Waals surface area contributed by atoms with Crippen LogP contribution < -0.4 is 15.6 Å². The number of nitrogens with one attached hydrogen (secondary N) is 2. The van der Waals surface area contributed by atoms with Crippen LogP contribution in [0.4, 0.5) is 15.8 Å². The predicted octanol–water partition coefficient (Wildman–Crippen LogP) is 4.81. The first kappa shape index (κ1) is 24.6. The van der Waals surface area contributed by atoms with Gasteiger partial charge < -0.3 is 5.32 Å². The van der Waals surface area contributed by atoms with Crippen LogP contribution in [0.1, 0.15) is 16.8 Å². The quantitative estimate of drug-likeness (QED) is 0.447. The average Bonchev–Trinajstić information content (AvgIpc) is 3.05. The van der Waals surface area contributed by atoms with E-state index < -0.39 is 29.6 Å². The number of benzene rings is 3. The zero-order chi connectivity index (χ0) is 25.1. The van der Waals surface area contributed by atoms with Gasteiger partial charge in [-0.1, -0.05) is 29.3 Å². The van der Waals surface area contributed by atoms with Crippen LogP contribution in [-0.2, 0) is 9.59 Å². The monoisotopic (exact) mass is 530 g/mol. The van der Waals surface area contributed by atoms with Crippen LogP contribution in [0.2, 0.25) is 10.0 Å². The number of anilines is 2. The number of hydrogen-bond acceptors (Lipinski definition) is 4. The van der Waals surface area contributed by atoms with Gasteiger partial charge in [-0.05, 0) is 78.9 Å². The molecule has 1 aliphatic heterocycles. The Morgan fingerprint density at radius 2 is 1.60 bits per heavy atom. The van der Waals surface area contributed by atoms with Crippen molar-refractivity contribution in [1.82, 2.24) is 10.4 Å². The van der Waals surface area contributed by atoms with Crippen LogP contribution in [-0.4, -0.2) is 33.9 Å². The molecule has 0 aliphatic carbocycles. The summed E-state index contributed by atoms with van der Waals surface area (Å²) in [6.07, 6.45) is -0.324. The number of nitrogens with zero attached hydrogens (tertiary/aromatic N) is 2. The number of thiocarbonyl (C=S) groups is 1. The fourth-order valence-electron chi connectivity index (χ4n) is 3.45. The van der Waals surface area contributed by atoms with E-state index in [1.807, 2.05) is 0 Å². The summed E-state index contributed by atoms with van der Waals surface area (Å²) in [6, 6.07) is 16.7. The second-order valence-electron chi connectivity index (χ2n) is 7.53. The zero-order valence-electron chi connectivity index (χ0n) is 17.9. The smallest absolute Gasteiger partial charge is 0.269 e. The van der Waals surface area contributed by atoms with Crippen molar-refractivity contribution in [1.29, 1.82) is 0 Å². The maximum absolute atomic E-state index is 13.6. The molecular weight excluding hydrogens is 514 g/mol. The fraction of sp³-hybridized carbons (Fsp3) is 0.0833. The Hall–Kier alpha value is -3.53. The number of carbonyl (C=O) groups is 3. The third-order valence-corrected chi connectivity index (χ3v) is 6.00. The molecule has 0 radical (unpaired) electrons. The van der Waals surface area contributed by atoms with E-state index in [-0.39, 0.29) is 17.1 Å². The van der Waals surface area contributed by atoms with Crippen molar-refractivity contribution < 1.29 is 18.8 Å². The SMILES string of the molecule is O=C(CC1C(=O)N(c2ccc(Cl)cc2)C(=S)N1NC(=O)c1cccc(F)c1)Nc1ccc(Cl)cc1. The van der Waals surface area contributed by atoms with Gasteiger partial charge in [0.1, 0.15) is 11.9 Å². The Labute approximate surface area is 215 Å². The van der Waals surface area contributed by atoms with E-state index in [4.69, 9.17) is 35.4 Å². The second-order valence-corrected chi connectivity index (χ2v) is 8.77. The number of carbonyl (C=O) groups excluding carboxylic acids is 3. The molecule has 1 heterocycles. The second kappa shape index (κ2) is 10.4. The van der Waals surface area contributed by atoms with Gasteiger partial charge in [-0.3, -0.25) is 24.7 Å². The van der Waals surface area contributed by atoms with Crippen LogP contribution in [0.15, 0.2) is 72.8 Å². The van der Waals surface area contributed by atoms with Crippen LogP contribution in [0.5, 0.6) is 0 Å². The largest absolute Gasteiger partial charge is 0.326 e. The van der Waals surface area contributed by atoms with Crippen LogP contribution >= 0.6 is 35.4 Å². The van der Waals surface area contributed by atoms with Crippen molar-refractivity contribution in [2.45, 2.75) is 12.5 Å². The van der Waals surface area contributed by atoms with Crippen LogP contribution in [0.25, 0.3) is 0 Å². The maximum Gasteiger partial charge on any atom is 0.269 e. The number of rotatable bonds is 6. The molecule has 3 aromatic carbocycles. The van der Waals surface area contributed by atoms with E-state index in [9.17, 15) is 18.8 Å². The summed E-state index contributed by atoms with van der Waals surface area (Å²) in [5.41, 5.74) is 3.46. The third kappa shape index (κ3) is 5.59. The summed E-state index contributed by atoms with van der Waals surface area (Å²) in [5.74, 6) is -2.31. The summed E-state index contributed by atoms with van der Waals surface area (Å²) in [5, 5.41) is 4.74. The van der Waals surface area contributed by atoms with Gasteiger partial charge >= 0.3 is 0 Å². The summed E-state index contributed by atoms with van der Waals surface area (Å²) in [4.78, 5) is 40.2. The molecule has 35 heavy (non-hydrogen) atoms. The first-order valence-electron chi connectivity index (χ1n) is 10.3. The average molecular weight is 531 g/mol. The predicted molar refractivity (Wildman–Crippen MR) is 136 cm³/mol. The Bertz CT molecular complexity index is 1300. The first-order chi connectivity index (χ1) is 16.7. The number of hydrazine groups is 1. The van der Waals surface area contributed by atoms with Gasteiger partial charge in [0.15, 0.2) is 0 Å². The van der Waals surface area contributed by atoms with Gasteiger partial charge in [0.2, 0.25) is 11.0 Å². The topological polar surface area (TPSA) is 81.8 Å². The van der Waals surface area contributed by atoms with Crippen molar-refractivity contribution in [3.63, 3.8) is 0 Å².